The summed E-state index contributed by atoms with van der Waals surface area (Å²) in [6.45, 7) is 7.76. The van der Waals surface area contributed by atoms with Crippen molar-refractivity contribution in [2.24, 2.45) is 0 Å². The smallest absolute Gasteiger partial charge is 0.229 e. The molecule has 1 amide bonds. The number of rotatable bonds is 6. The zero-order chi connectivity index (χ0) is 20.1. The van der Waals surface area contributed by atoms with E-state index in [0.29, 0.717) is 11.9 Å². The predicted octanol–water partition coefficient (Wildman–Crippen LogP) is 5.35. The summed E-state index contributed by atoms with van der Waals surface area (Å²) in [5.41, 5.74) is 4.73. The van der Waals surface area contributed by atoms with Crippen LogP contribution in [0, 0.1) is 6.92 Å². The maximum atomic E-state index is 11.1. The number of carbonyl (C=O) groups is 1. The quantitative estimate of drug-likeness (QED) is 0.541. The molecule has 3 aromatic rings. The molecule has 0 radical (unpaired) electrons. The molecule has 6 nitrogen and oxygen atoms in total. The zero-order valence-electron chi connectivity index (χ0n) is 16.6. The molecule has 0 aliphatic carbocycles. The number of nitrogens with zero attached hydrogens (tertiary/aromatic N) is 2. The largest absolute Gasteiger partial charge is 0.340 e. The van der Waals surface area contributed by atoms with Gasteiger partial charge in [-0.1, -0.05) is 32.0 Å². The third-order valence-electron chi connectivity index (χ3n) is 4.16. The second-order valence-electron chi connectivity index (χ2n) is 6.97. The van der Waals surface area contributed by atoms with Crippen LogP contribution in [0.4, 0.5) is 28.8 Å². The highest BCUT2D eigenvalue weighted by molar-refractivity contribution is 5.88. The lowest BCUT2D eigenvalue weighted by atomic mass is 10.0. The molecule has 0 atom stereocenters. The van der Waals surface area contributed by atoms with Crippen molar-refractivity contribution >= 4 is 34.7 Å². The van der Waals surface area contributed by atoms with Gasteiger partial charge in [0, 0.05) is 35.7 Å². The SMILES string of the molecule is CC(=O)Nc1ccc(Nc2nc(C)cc(Nc3ccccc3C(C)C)n2)cc1. The Morgan fingerprint density at radius 2 is 1.61 bits per heavy atom. The Kier molecular flexibility index (Phi) is 5.89. The Balaban J connectivity index is 1.79. The molecule has 3 rings (SSSR count). The van der Waals surface area contributed by atoms with Crippen LogP contribution in [0.2, 0.25) is 0 Å². The molecular formula is C22H25N5O. The van der Waals surface area contributed by atoms with Crippen molar-refractivity contribution < 1.29 is 4.79 Å². The third-order valence-corrected chi connectivity index (χ3v) is 4.16. The lowest BCUT2D eigenvalue weighted by molar-refractivity contribution is -0.114. The highest BCUT2D eigenvalue weighted by atomic mass is 16.1. The molecule has 6 heteroatoms. The minimum absolute atomic E-state index is 0.0971. The molecule has 2 aromatic carbocycles. The number of para-hydroxylation sites is 1. The van der Waals surface area contributed by atoms with E-state index >= 15 is 0 Å². The van der Waals surface area contributed by atoms with Crippen molar-refractivity contribution in [2.75, 3.05) is 16.0 Å². The first-order valence-corrected chi connectivity index (χ1v) is 9.27. The van der Waals surface area contributed by atoms with Crippen LogP contribution in [0.15, 0.2) is 54.6 Å². The number of anilines is 5. The molecule has 0 unspecified atom stereocenters. The maximum absolute atomic E-state index is 11.1. The number of hydrogen-bond acceptors (Lipinski definition) is 5. The molecule has 0 aliphatic rings. The molecule has 1 heterocycles. The number of aryl methyl sites for hydroxylation is 1. The normalized spacial score (nSPS) is 10.6. The predicted molar refractivity (Wildman–Crippen MR) is 115 cm³/mol. The minimum Gasteiger partial charge on any atom is -0.340 e. The highest BCUT2D eigenvalue weighted by Crippen LogP contribution is 2.27. The highest BCUT2D eigenvalue weighted by Gasteiger charge is 2.08. The van der Waals surface area contributed by atoms with Crippen molar-refractivity contribution in [1.82, 2.24) is 9.97 Å². The van der Waals surface area contributed by atoms with Gasteiger partial charge in [0.1, 0.15) is 5.82 Å². The zero-order valence-corrected chi connectivity index (χ0v) is 16.6. The van der Waals surface area contributed by atoms with E-state index in [-0.39, 0.29) is 5.91 Å². The summed E-state index contributed by atoms with van der Waals surface area (Å²) < 4.78 is 0. The summed E-state index contributed by atoms with van der Waals surface area (Å²) in [7, 11) is 0. The van der Waals surface area contributed by atoms with Crippen LogP contribution in [-0.4, -0.2) is 15.9 Å². The van der Waals surface area contributed by atoms with Gasteiger partial charge >= 0.3 is 0 Å². The van der Waals surface area contributed by atoms with Crippen LogP contribution in [0.25, 0.3) is 0 Å². The molecule has 1 aromatic heterocycles. The second kappa shape index (κ2) is 8.52. The summed E-state index contributed by atoms with van der Waals surface area (Å²) in [5, 5.41) is 9.37. The van der Waals surface area contributed by atoms with E-state index in [2.05, 4.69) is 51.9 Å². The lowest BCUT2D eigenvalue weighted by Gasteiger charge is -2.15. The van der Waals surface area contributed by atoms with Gasteiger partial charge in [0.25, 0.3) is 0 Å². The fraction of sp³-hybridized carbons (Fsp3) is 0.227. The fourth-order valence-electron chi connectivity index (χ4n) is 2.91. The van der Waals surface area contributed by atoms with E-state index in [4.69, 9.17) is 0 Å². The topological polar surface area (TPSA) is 78.9 Å². The van der Waals surface area contributed by atoms with Gasteiger partial charge in [0.15, 0.2) is 0 Å². The molecule has 28 heavy (non-hydrogen) atoms. The summed E-state index contributed by atoms with van der Waals surface area (Å²) >= 11 is 0. The standard InChI is InChI=1S/C22H25N5O/c1-14(2)19-7-5-6-8-20(19)26-21-13-15(3)23-22(27-21)25-18-11-9-17(10-12-18)24-16(4)28/h5-14H,1-4H3,(H,24,28)(H2,23,25,26,27). The van der Waals surface area contributed by atoms with E-state index in [1.54, 1.807) is 0 Å². The van der Waals surface area contributed by atoms with Crippen LogP contribution < -0.4 is 16.0 Å². The minimum atomic E-state index is -0.0971. The molecule has 0 bridgehead atoms. The van der Waals surface area contributed by atoms with Crippen molar-refractivity contribution in [1.29, 1.82) is 0 Å². The van der Waals surface area contributed by atoms with Crippen molar-refractivity contribution in [3.8, 4) is 0 Å². The number of benzene rings is 2. The number of carbonyl (C=O) groups excluding carboxylic acids is 1. The van der Waals surface area contributed by atoms with Crippen LogP contribution in [0.5, 0.6) is 0 Å². The van der Waals surface area contributed by atoms with Gasteiger partial charge in [0.2, 0.25) is 11.9 Å². The number of amides is 1. The second-order valence-corrected chi connectivity index (χ2v) is 6.97. The number of aromatic nitrogens is 2. The van der Waals surface area contributed by atoms with Gasteiger partial charge in [0.05, 0.1) is 0 Å². The first-order valence-electron chi connectivity index (χ1n) is 9.27. The molecule has 3 N–H and O–H groups in total. The first-order chi connectivity index (χ1) is 13.4. The van der Waals surface area contributed by atoms with Gasteiger partial charge < -0.3 is 16.0 Å². The monoisotopic (exact) mass is 375 g/mol. The van der Waals surface area contributed by atoms with Crippen LogP contribution in [0.1, 0.15) is 37.9 Å². The molecule has 0 saturated heterocycles. The van der Waals surface area contributed by atoms with Crippen molar-refractivity contribution in [3.63, 3.8) is 0 Å². The summed E-state index contributed by atoms with van der Waals surface area (Å²) in [4.78, 5) is 20.2. The van der Waals surface area contributed by atoms with E-state index in [1.807, 2.05) is 49.4 Å². The first kappa shape index (κ1) is 19.4. The number of nitrogens with one attached hydrogen (secondary N) is 3. The van der Waals surface area contributed by atoms with Crippen molar-refractivity contribution in [2.45, 2.75) is 33.6 Å². The third kappa shape index (κ3) is 5.07. The van der Waals surface area contributed by atoms with Gasteiger partial charge in [-0.25, -0.2) is 4.98 Å². The van der Waals surface area contributed by atoms with Gasteiger partial charge in [-0.05, 0) is 48.7 Å². The Hall–Kier alpha value is -3.41. The molecule has 0 aliphatic heterocycles. The van der Waals surface area contributed by atoms with Crippen LogP contribution in [-0.2, 0) is 4.79 Å². The average molecular weight is 375 g/mol. The Bertz CT molecular complexity index is 967. The molecular weight excluding hydrogens is 350 g/mol. The van der Waals surface area contributed by atoms with E-state index in [1.165, 1.54) is 12.5 Å². The van der Waals surface area contributed by atoms with Crippen molar-refractivity contribution in [3.05, 3.63) is 65.9 Å². The molecule has 0 spiro atoms. The van der Waals surface area contributed by atoms with Crippen LogP contribution in [0.3, 0.4) is 0 Å². The van der Waals surface area contributed by atoms with Crippen LogP contribution >= 0.6 is 0 Å². The van der Waals surface area contributed by atoms with E-state index in [0.717, 1.165) is 28.6 Å². The van der Waals surface area contributed by atoms with E-state index < -0.39 is 0 Å². The Morgan fingerprint density at radius 1 is 0.929 bits per heavy atom. The summed E-state index contributed by atoms with van der Waals surface area (Å²) in [5.74, 6) is 1.56. The Morgan fingerprint density at radius 3 is 2.29 bits per heavy atom. The van der Waals surface area contributed by atoms with Gasteiger partial charge in [-0.2, -0.15) is 4.98 Å². The maximum Gasteiger partial charge on any atom is 0.229 e. The summed E-state index contributed by atoms with van der Waals surface area (Å²) in [6.07, 6.45) is 0. The van der Waals surface area contributed by atoms with Gasteiger partial charge in [-0.15, -0.1) is 0 Å². The molecule has 0 saturated carbocycles. The van der Waals surface area contributed by atoms with Gasteiger partial charge in [-0.3, -0.25) is 4.79 Å². The summed E-state index contributed by atoms with van der Waals surface area (Å²) in [6, 6.07) is 17.6. The molecule has 144 valence electrons. The molecule has 0 fully saturated rings. The van der Waals surface area contributed by atoms with E-state index in [9.17, 15) is 4.79 Å². The Labute approximate surface area is 165 Å². The average Bonchev–Trinajstić information content (AvgIpc) is 2.63. The number of hydrogen-bond donors (Lipinski definition) is 3. The lowest BCUT2D eigenvalue weighted by Crippen LogP contribution is -2.06. The fourth-order valence-corrected chi connectivity index (χ4v) is 2.91.